The minimum Gasteiger partial charge on any atom is -0.266 e. The molecule has 1 rings (SSSR count). The average Bonchev–Trinajstić information content (AvgIpc) is 2.70. The predicted octanol–water partition coefficient (Wildman–Crippen LogP) is 7.51. The number of benzene rings is 1. The van der Waals surface area contributed by atoms with Gasteiger partial charge in [-0.3, -0.25) is 4.18 Å². The van der Waals surface area contributed by atoms with Gasteiger partial charge < -0.3 is 0 Å². The molecule has 0 bridgehead atoms. The molecule has 0 N–H and O–H groups in total. The van der Waals surface area contributed by atoms with Crippen LogP contribution in [0.4, 0.5) is 0 Å². The molecule has 3 nitrogen and oxygen atoms in total. The molecule has 0 amide bonds. The van der Waals surface area contributed by atoms with Crippen LogP contribution in [-0.2, 0) is 14.3 Å². The summed E-state index contributed by atoms with van der Waals surface area (Å²) in [5, 5.41) is 0. The second kappa shape index (κ2) is 16.4. The third kappa shape index (κ3) is 13.5. The SMILES string of the molecule is CCCCC/C=C\C/C=C\CCCCCCCCOS(=O)(=O)c1ccc(C)cc1. The highest BCUT2D eigenvalue weighted by atomic mass is 32.2. The summed E-state index contributed by atoms with van der Waals surface area (Å²) in [5.41, 5.74) is 1.04. The fourth-order valence-corrected chi connectivity index (χ4v) is 3.97. The van der Waals surface area contributed by atoms with Crippen LogP contribution in [0.15, 0.2) is 53.5 Å². The molecule has 1 aromatic carbocycles. The molecule has 0 atom stereocenters. The van der Waals surface area contributed by atoms with Gasteiger partial charge in [-0.1, -0.05) is 87.4 Å². The Hall–Kier alpha value is -1.39. The quantitative estimate of drug-likeness (QED) is 0.149. The maximum atomic E-state index is 12.1. The van der Waals surface area contributed by atoms with Crippen LogP contribution >= 0.6 is 0 Å². The summed E-state index contributed by atoms with van der Waals surface area (Å²) >= 11 is 0. The summed E-state index contributed by atoms with van der Waals surface area (Å²) in [6.45, 7) is 4.44. The van der Waals surface area contributed by atoms with E-state index in [4.69, 9.17) is 4.18 Å². The van der Waals surface area contributed by atoms with Gasteiger partial charge in [0.1, 0.15) is 0 Å². The zero-order valence-corrected chi connectivity index (χ0v) is 19.3. The first kappa shape index (κ1) is 25.6. The van der Waals surface area contributed by atoms with Gasteiger partial charge in [-0.15, -0.1) is 0 Å². The van der Waals surface area contributed by atoms with Crippen LogP contribution in [0.25, 0.3) is 0 Å². The molecule has 0 heterocycles. The highest BCUT2D eigenvalue weighted by Crippen LogP contribution is 2.14. The second-order valence-corrected chi connectivity index (χ2v) is 9.29. The van der Waals surface area contributed by atoms with Gasteiger partial charge >= 0.3 is 0 Å². The molecule has 0 aliphatic heterocycles. The molecule has 0 fully saturated rings. The van der Waals surface area contributed by atoms with Crippen molar-refractivity contribution in [2.75, 3.05) is 6.61 Å². The monoisotopic (exact) mass is 420 g/mol. The molecule has 0 saturated carbocycles. The minimum absolute atomic E-state index is 0.239. The van der Waals surface area contributed by atoms with Crippen molar-refractivity contribution in [1.29, 1.82) is 0 Å². The molecule has 164 valence electrons. The molecule has 4 heteroatoms. The highest BCUT2D eigenvalue weighted by molar-refractivity contribution is 7.86. The van der Waals surface area contributed by atoms with E-state index in [1.54, 1.807) is 24.3 Å². The van der Waals surface area contributed by atoms with Crippen molar-refractivity contribution in [3.8, 4) is 0 Å². The van der Waals surface area contributed by atoms with Crippen molar-refractivity contribution in [2.24, 2.45) is 0 Å². The molecule has 0 aliphatic carbocycles. The Balaban J connectivity index is 1.94. The summed E-state index contributed by atoms with van der Waals surface area (Å²) in [6, 6.07) is 6.78. The summed E-state index contributed by atoms with van der Waals surface area (Å²) in [6.07, 6.45) is 23.1. The Bertz CT molecular complexity index is 673. The van der Waals surface area contributed by atoms with Crippen molar-refractivity contribution >= 4 is 10.1 Å². The standard InChI is InChI=1S/C25H40O3S/c1-3-4-5-6-7-8-9-10-11-12-13-14-15-16-17-18-23-28-29(26,27)25-21-19-24(2)20-22-25/h7-8,10-11,19-22H,3-6,9,12-18,23H2,1-2H3/b8-7-,11-10-. The lowest BCUT2D eigenvalue weighted by Gasteiger charge is -2.06. The third-order valence-electron chi connectivity index (χ3n) is 4.89. The Morgan fingerprint density at radius 3 is 1.93 bits per heavy atom. The fourth-order valence-electron chi connectivity index (χ4n) is 3.03. The lowest BCUT2D eigenvalue weighted by Crippen LogP contribution is -2.07. The molecule has 0 aliphatic rings. The smallest absolute Gasteiger partial charge is 0.266 e. The number of unbranched alkanes of at least 4 members (excludes halogenated alkanes) is 9. The topological polar surface area (TPSA) is 43.4 Å². The summed E-state index contributed by atoms with van der Waals surface area (Å²) in [7, 11) is -3.61. The van der Waals surface area contributed by atoms with Gasteiger partial charge in [0.15, 0.2) is 0 Å². The number of hydrogen-bond donors (Lipinski definition) is 0. The minimum atomic E-state index is -3.61. The van der Waals surface area contributed by atoms with Crippen molar-refractivity contribution < 1.29 is 12.6 Å². The Kier molecular flexibility index (Phi) is 14.5. The zero-order chi connectivity index (χ0) is 21.2. The molecular weight excluding hydrogens is 380 g/mol. The van der Waals surface area contributed by atoms with Gasteiger partial charge in [0, 0.05) is 0 Å². The second-order valence-electron chi connectivity index (χ2n) is 7.67. The maximum Gasteiger partial charge on any atom is 0.296 e. The Morgan fingerprint density at radius 1 is 0.759 bits per heavy atom. The van der Waals surface area contributed by atoms with Crippen LogP contribution in [0.2, 0.25) is 0 Å². The van der Waals surface area contributed by atoms with Crippen LogP contribution in [0.5, 0.6) is 0 Å². The normalized spacial score (nSPS) is 12.3. The maximum absolute atomic E-state index is 12.1. The van der Waals surface area contributed by atoms with E-state index in [9.17, 15) is 8.42 Å². The van der Waals surface area contributed by atoms with Crippen LogP contribution in [0.1, 0.15) is 89.5 Å². The molecular formula is C25H40O3S. The van der Waals surface area contributed by atoms with Crippen molar-refractivity contribution in [3.05, 3.63) is 54.1 Å². The molecule has 1 aromatic rings. The van der Waals surface area contributed by atoms with E-state index >= 15 is 0 Å². The average molecular weight is 421 g/mol. The van der Waals surface area contributed by atoms with Crippen molar-refractivity contribution in [2.45, 2.75) is 95.8 Å². The lowest BCUT2D eigenvalue weighted by molar-refractivity contribution is 0.306. The van der Waals surface area contributed by atoms with E-state index in [2.05, 4.69) is 31.2 Å². The molecule has 0 spiro atoms. The van der Waals surface area contributed by atoms with Gasteiger partial charge in [0.05, 0.1) is 11.5 Å². The van der Waals surface area contributed by atoms with E-state index in [0.29, 0.717) is 0 Å². The summed E-state index contributed by atoms with van der Waals surface area (Å²) < 4.78 is 29.3. The van der Waals surface area contributed by atoms with Crippen LogP contribution in [-0.4, -0.2) is 15.0 Å². The number of rotatable bonds is 17. The highest BCUT2D eigenvalue weighted by Gasteiger charge is 2.14. The summed E-state index contributed by atoms with van der Waals surface area (Å²) in [4.78, 5) is 0.239. The van der Waals surface area contributed by atoms with Crippen LogP contribution in [0.3, 0.4) is 0 Å². The van der Waals surface area contributed by atoms with E-state index in [1.165, 1.54) is 44.9 Å². The van der Waals surface area contributed by atoms with Crippen LogP contribution < -0.4 is 0 Å². The molecule has 0 unspecified atom stereocenters. The fraction of sp³-hybridized carbons (Fsp3) is 0.600. The van der Waals surface area contributed by atoms with E-state index in [0.717, 1.165) is 37.7 Å². The first-order valence-electron chi connectivity index (χ1n) is 11.3. The largest absolute Gasteiger partial charge is 0.296 e. The van der Waals surface area contributed by atoms with E-state index < -0.39 is 10.1 Å². The number of allylic oxidation sites excluding steroid dienone is 4. The van der Waals surface area contributed by atoms with Gasteiger partial charge in [-0.2, -0.15) is 8.42 Å². The van der Waals surface area contributed by atoms with E-state index in [-0.39, 0.29) is 11.5 Å². The first-order chi connectivity index (χ1) is 14.1. The van der Waals surface area contributed by atoms with E-state index in [1.807, 2.05) is 6.92 Å². The third-order valence-corrected chi connectivity index (χ3v) is 6.22. The Morgan fingerprint density at radius 2 is 1.31 bits per heavy atom. The zero-order valence-electron chi connectivity index (χ0n) is 18.4. The summed E-state index contributed by atoms with van der Waals surface area (Å²) in [5.74, 6) is 0. The molecule has 0 aromatic heterocycles. The lowest BCUT2D eigenvalue weighted by atomic mass is 10.1. The predicted molar refractivity (Wildman–Crippen MR) is 124 cm³/mol. The van der Waals surface area contributed by atoms with Gasteiger partial charge in [0.2, 0.25) is 0 Å². The molecule has 0 radical (unpaired) electrons. The van der Waals surface area contributed by atoms with Gasteiger partial charge in [-0.05, 0) is 57.6 Å². The molecule has 0 saturated heterocycles. The van der Waals surface area contributed by atoms with Crippen LogP contribution in [0, 0.1) is 6.92 Å². The number of aryl methyl sites for hydroxylation is 1. The number of hydrogen-bond acceptors (Lipinski definition) is 3. The first-order valence-corrected chi connectivity index (χ1v) is 12.7. The van der Waals surface area contributed by atoms with Gasteiger partial charge in [-0.25, -0.2) is 0 Å². The van der Waals surface area contributed by atoms with Gasteiger partial charge in [0.25, 0.3) is 10.1 Å². The van der Waals surface area contributed by atoms with Crippen molar-refractivity contribution in [1.82, 2.24) is 0 Å². The Labute approximate surface area is 179 Å². The van der Waals surface area contributed by atoms with Crippen molar-refractivity contribution in [3.63, 3.8) is 0 Å². The molecule has 29 heavy (non-hydrogen) atoms.